The van der Waals surface area contributed by atoms with Crippen LogP contribution < -0.4 is 0 Å². The second kappa shape index (κ2) is 5.13. The molecular formula is C13H18N4O2. The Hall–Kier alpha value is -1.69. The minimum absolute atomic E-state index is 0.249. The molecule has 6 nitrogen and oxygen atoms in total. The van der Waals surface area contributed by atoms with E-state index in [1.54, 1.807) is 0 Å². The van der Waals surface area contributed by atoms with Crippen LogP contribution in [0.15, 0.2) is 10.6 Å². The molecule has 0 saturated carbocycles. The molecule has 0 aliphatic carbocycles. The van der Waals surface area contributed by atoms with Crippen LogP contribution in [0, 0.1) is 13.8 Å². The number of nitrogens with zero attached hydrogens (tertiary/aromatic N) is 4. The topological polar surface area (TPSA) is 66.0 Å². The molecular weight excluding hydrogens is 244 g/mol. The molecule has 6 heteroatoms. The van der Waals surface area contributed by atoms with Gasteiger partial charge in [-0.3, -0.25) is 4.68 Å². The molecule has 3 heterocycles. The molecule has 1 fully saturated rings. The first-order valence-electron chi connectivity index (χ1n) is 6.65. The first kappa shape index (κ1) is 12.3. The molecule has 19 heavy (non-hydrogen) atoms. The summed E-state index contributed by atoms with van der Waals surface area (Å²) in [6.45, 7) is 5.36. The van der Waals surface area contributed by atoms with Gasteiger partial charge in [-0.25, -0.2) is 0 Å². The standard InChI is InChI=1S/C13H18N4O2/c1-9-6-10(2)17(15-9)8-13-14-12(16-19-13)7-11-4-3-5-18-11/h6,11H,3-5,7-8H2,1-2H3. The molecule has 1 aliphatic rings. The fourth-order valence-electron chi connectivity index (χ4n) is 2.41. The van der Waals surface area contributed by atoms with Gasteiger partial charge in [-0.15, -0.1) is 0 Å². The SMILES string of the molecule is Cc1cc(C)n(Cc2nc(CC3CCCO3)no2)n1. The van der Waals surface area contributed by atoms with Gasteiger partial charge in [0.1, 0.15) is 6.54 Å². The molecule has 102 valence electrons. The van der Waals surface area contributed by atoms with E-state index in [2.05, 4.69) is 15.2 Å². The summed E-state index contributed by atoms with van der Waals surface area (Å²) in [6, 6.07) is 2.03. The van der Waals surface area contributed by atoms with Gasteiger partial charge in [0.2, 0.25) is 5.89 Å². The van der Waals surface area contributed by atoms with E-state index in [1.807, 2.05) is 24.6 Å². The van der Waals surface area contributed by atoms with Crippen LogP contribution in [0.3, 0.4) is 0 Å². The molecule has 1 aliphatic heterocycles. The van der Waals surface area contributed by atoms with E-state index in [1.165, 1.54) is 0 Å². The molecule has 0 N–H and O–H groups in total. The van der Waals surface area contributed by atoms with Crippen LogP contribution in [-0.2, 0) is 17.7 Å². The van der Waals surface area contributed by atoms with Crippen molar-refractivity contribution in [3.63, 3.8) is 0 Å². The maximum atomic E-state index is 5.57. The Bertz CT molecular complexity index is 555. The number of hydrogen-bond donors (Lipinski definition) is 0. The average Bonchev–Trinajstić information content (AvgIpc) is 3.05. The van der Waals surface area contributed by atoms with E-state index in [4.69, 9.17) is 9.26 Å². The van der Waals surface area contributed by atoms with Gasteiger partial charge in [0.25, 0.3) is 0 Å². The van der Waals surface area contributed by atoms with E-state index in [9.17, 15) is 0 Å². The number of rotatable bonds is 4. The minimum Gasteiger partial charge on any atom is -0.378 e. The third-order valence-corrected chi connectivity index (χ3v) is 3.33. The zero-order valence-electron chi connectivity index (χ0n) is 11.3. The molecule has 0 spiro atoms. The number of aryl methyl sites for hydroxylation is 2. The van der Waals surface area contributed by atoms with Crippen LogP contribution in [0.25, 0.3) is 0 Å². The first-order valence-corrected chi connectivity index (χ1v) is 6.65. The zero-order valence-corrected chi connectivity index (χ0v) is 11.3. The second-order valence-electron chi connectivity index (χ2n) is 5.03. The fraction of sp³-hybridized carbons (Fsp3) is 0.615. The summed E-state index contributed by atoms with van der Waals surface area (Å²) in [5, 5.41) is 8.39. The highest BCUT2D eigenvalue weighted by Crippen LogP contribution is 2.16. The van der Waals surface area contributed by atoms with Gasteiger partial charge >= 0.3 is 0 Å². The molecule has 0 aromatic carbocycles. The van der Waals surface area contributed by atoms with Crippen LogP contribution in [0.1, 0.15) is 35.9 Å². The smallest absolute Gasteiger partial charge is 0.248 e. The zero-order chi connectivity index (χ0) is 13.2. The van der Waals surface area contributed by atoms with Crippen molar-refractivity contribution < 1.29 is 9.26 Å². The lowest BCUT2D eigenvalue weighted by Crippen LogP contribution is -2.10. The van der Waals surface area contributed by atoms with Crippen molar-refractivity contribution in [1.82, 2.24) is 19.9 Å². The predicted molar refractivity (Wildman–Crippen MR) is 67.8 cm³/mol. The molecule has 3 rings (SSSR count). The molecule has 2 aromatic heterocycles. The Morgan fingerprint density at radius 3 is 3.00 bits per heavy atom. The van der Waals surface area contributed by atoms with Crippen LogP contribution in [-0.4, -0.2) is 32.6 Å². The third-order valence-electron chi connectivity index (χ3n) is 3.33. The summed E-state index contributed by atoms with van der Waals surface area (Å²) in [5.74, 6) is 1.32. The second-order valence-corrected chi connectivity index (χ2v) is 5.03. The first-order chi connectivity index (χ1) is 9.20. The molecule has 1 saturated heterocycles. The van der Waals surface area contributed by atoms with Gasteiger partial charge in [-0.2, -0.15) is 10.1 Å². The van der Waals surface area contributed by atoms with Gasteiger partial charge in [0.15, 0.2) is 5.82 Å². The lowest BCUT2D eigenvalue weighted by molar-refractivity contribution is 0.109. The highest BCUT2D eigenvalue weighted by atomic mass is 16.5. The lowest BCUT2D eigenvalue weighted by Gasteiger charge is -2.03. The molecule has 2 aromatic rings. The maximum absolute atomic E-state index is 5.57. The summed E-state index contributed by atoms with van der Waals surface area (Å²) < 4.78 is 12.7. The summed E-state index contributed by atoms with van der Waals surface area (Å²) in [4.78, 5) is 4.40. The van der Waals surface area contributed by atoms with E-state index in [0.717, 1.165) is 43.1 Å². The van der Waals surface area contributed by atoms with Crippen molar-refractivity contribution in [1.29, 1.82) is 0 Å². The average molecular weight is 262 g/mol. The number of ether oxygens (including phenoxy) is 1. The lowest BCUT2D eigenvalue weighted by atomic mass is 10.2. The van der Waals surface area contributed by atoms with Crippen molar-refractivity contribution >= 4 is 0 Å². The van der Waals surface area contributed by atoms with Crippen LogP contribution in [0.5, 0.6) is 0 Å². The molecule has 1 atom stereocenters. The van der Waals surface area contributed by atoms with Crippen molar-refractivity contribution in [2.45, 2.75) is 45.8 Å². The van der Waals surface area contributed by atoms with E-state index < -0.39 is 0 Å². The Kier molecular flexibility index (Phi) is 3.33. The van der Waals surface area contributed by atoms with Gasteiger partial charge in [-0.05, 0) is 32.8 Å². The quantitative estimate of drug-likeness (QED) is 0.838. The number of aromatic nitrogens is 4. The third kappa shape index (κ3) is 2.84. The fourth-order valence-corrected chi connectivity index (χ4v) is 2.41. The molecule has 0 amide bonds. The summed E-state index contributed by atoms with van der Waals surface area (Å²) >= 11 is 0. The van der Waals surface area contributed by atoms with Crippen LogP contribution in [0.2, 0.25) is 0 Å². The van der Waals surface area contributed by atoms with E-state index in [-0.39, 0.29) is 6.10 Å². The van der Waals surface area contributed by atoms with E-state index >= 15 is 0 Å². The highest BCUT2D eigenvalue weighted by Gasteiger charge is 2.19. The van der Waals surface area contributed by atoms with E-state index in [0.29, 0.717) is 12.4 Å². The predicted octanol–water partition coefficient (Wildman–Crippen LogP) is 1.65. The van der Waals surface area contributed by atoms with Crippen LogP contribution >= 0.6 is 0 Å². The van der Waals surface area contributed by atoms with Gasteiger partial charge in [0.05, 0.1) is 11.8 Å². The minimum atomic E-state index is 0.249. The maximum Gasteiger partial charge on any atom is 0.248 e. The summed E-state index contributed by atoms with van der Waals surface area (Å²) in [6.07, 6.45) is 3.20. The molecule has 0 bridgehead atoms. The Labute approximate surface area is 111 Å². The van der Waals surface area contributed by atoms with Gasteiger partial charge in [-0.1, -0.05) is 5.16 Å². The molecule has 0 radical (unpaired) electrons. The normalized spacial score (nSPS) is 19.2. The Balaban J connectivity index is 1.65. The van der Waals surface area contributed by atoms with Gasteiger partial charge in [0, 0.05) is 18.7 Å². The monoisotopic (exact) mass is 262 g/mol. The summed E-state index contributed by atoms with van der Waals surface area (Å²) in [7, 11) is 0. The Morgan fingerprint density at radius 2 is 2.32 bits per heavy atom. The highest BCUT2D eigenvalue weighted by molar-refractivity contribution is 5.07. The summed E-state index contributed by atoms with van der Waals surface area (Å²) in [5.41, 5.74) is 2.09. The van der Waals surface area contributed by atoms with Crippen molar-refractivity contribution in [2.75, 3.05) is 6.61 Å². The number of hydrogen-bond acceptors (Lipinski definition) is 5. The molecule has 1 unspecified atom stereocenters. The van der Waals surface area contributed by atoms with Crippen molar-refractivity contribution in [2.24, 2.45) is 0 Å². The Morgan fingerprint density at radius 1 is 1.42 bits per heavy atom. The van der Waals surface area contributed by atoms with Crippen molar-refractivity contribution in [3.05, 3.63) is 29.2 Å². The van der Waals surface area contributed by atoms with Gasteiger partial charge < -0.3 is 9.26 Å². The van der Waals surface area contributed by atoms with Crippen molar-refractivity contribution in [3.8, 4) is 0 Å². The largest absolute Gasteiger partial charge is 0.378 e. The van der Waals surface area contributed by atoms with Crippen LogP contribution in [0.4, 0.5) is 0 Å².